The fourth-order valence-electron chi connectivity index (χ4n) is 2.63. The lowest BCUT2D eigenvalue weighted by atomic mass is 10.2. The van der Waals surface area contributed by atoms with Gasteiger partial charge in [0.15, 0.2) is 0 Å². The zero-order chi connectivity index (χ0) is 19.4. The zero-order valence-electron chi connectivity index (χ0n) is 15.9. The predicted octanol–water partition coefficient (Wildman–Crippen LogP) is 4.16. The second-order valence-electron chi connectivity index (χ2n) is 6.61. The molecule has 1 aromatic heterocycles. The molecular formula is C21H23N5O. The number of aromatic nitrogens is 2. The Morgan fingerprint density at radius 2 is 1.67 bits per heavy atom. The first-order valence-corrected chi connectivity index (χ1v) is 8.69. The SMILES string of the molecule is Cc1cccc(NC(=O)c2cc(C)nc(Nc3ccc(N(C)C)cc3)n2)c1. The highest BCUT2D eigenvalue weighted by molar-refractivity contribution is 6.03. The van der Waals surface area contributed by atoms with Crippen molar-refractivity contribution < 1.29 is 4.79 Å². The second kappa shape index (κ2) is 7.86. The van der Waals surface area contributed by atoms with E-state index in [2.05, 4.69) is 20.6 Å². The molecule has 138 valence electrons. The quantitative estimate of drug-likeness (QED) is 0.714. The molecule has 6 heteroatoms. The summed E-state index contributed by atoms with van der Waals surface area (Å²) >= 11 is 0. The fraction of sp³-hybridized carbons (Fsp3) is 0.190. The highest BCUT2D eigenvalue weighted by Crippen LogP contribution is 2.19. The lowest BCUT2D eigenvalue weighted by Gasteiger charge is -2.13. The molecule has 1 heterocycles. The minimum atomic E-state index is -0.267. The van der Waals surface area contributed by atoms with E-state index in [1.807, 2.05) is 81.4 Å². The van der Waals surface area contributed by atoms with Gasteiger partial charge in [0.2, 0.25) is 5.95 Å². The summed E-state index contributed by atoms with van der Waals surface area (Å²) < 4.78 is 0. The van der Waals surface area contributed by atoms with Crippen LogP contribution in [-0.2, 0) is 0 Å². The van der Waals surface area contributed by atoms with E-state index in [9.17, 15) is 4.79 Å². The Morgan fingerprint density at radius 3 is 2.33 bits per heavy atom. The molecule has 2 aromatic carbocycles. The van der Waals surface area contributed by atoms with Crippen LogP contribution in [0.4, 0.5) is 23.0 Å². The molecule has 0 radical (unpaired) electrons. The average Bonchev–Trinajstić information content (AvgIpc) is 2.61. The number of benzene rings is 2. The molecule has 0 atom stereocenters. The maximum absolute atomic E-state index is 12.6. The third kappa shape index (κ3) is 4.82. The van der Waals surface area contributed by atoms with Crippen LogP contribution >= 0.6 is 0 Å². The van der Waals surface area contributed by atoms with Crippen molar-refractivity contribution in [2.45, 2.75) is 13.8 Å². The number of carbonyl (C=O) groups excluding carboxylic acids is 1. The number of hydrogen-bond donors (Lipinski definition) is 2. The summed E-state index contributed by atoms with van der Waals surface area (Å²) in [5.74, 6) is 0.124. The summed E-state index contributed by atoms with van der Waals surface area (Å²) in [4.78, 5) is 23.3. The Morgan fingerprint density at radius 1 is 0.926 bits per heavy atom. The van der Waals surface area contributed by atoms with Crippen LogP contribution in [-0.4, -0.2) is 30.0 Å². The first-order valence-electron chi connectivity index (χ1n) is 8.69. The molecule has 0 aliphatic heterocycles. The van der Waals surface area contributed by atoms with Crippen molar-refractivity contribution in [2.24, 2.45) is 0 Å². The van der Waals surface area contributed by atoms with Crippen molar-refractivity contribution in [1.82, 2.24) is 9.97 Å². The van der Waals surface area contributed by atoms with E-state index in [1.54, 1.807) is 6.07 Å². The minimum absolute atomic E-state index is 0.267. The van der Waals surface area contributed by atoms with Gasteiger partial charge >= 0.3 is 0 Å². The number of carbonyl (C=O) groups is 1. The van der Waals surface area contributed by atoms with Gasteiger partial charge < -0.3 is 15.5 Å². The van der Waals surface area contributed by atoms with Gasteiger partial charge in [0.05, 0.1) is 0 Å². The molecule has 6 nitrogen and oxygen atoms in total. The van der Waals surface area contributed by atoms with E-state index in [-0.39, 0.29) is 5.91 Å². The van der Waals surface area contributed by atoms with E-state index in [4.69, 9.17) is 0 Å². The molecule has 0 spiro atoms. The molecule has 0 saturated heterocycles. The van der Waals surface area contributed by atoms with Gasteiger partial charge in [-0.1, -0.05) is 12.1 Å². The molecule has 0 fully saturated rings. The van der Waals surface area contributed by atoms with Gasteiger partial charge in [-0.2, -0.15) is 0 Å². The molecule has 0 aliphatic carbocycles. The Labute approximate surface area is 159 Å². The lowest BCUT2D eigenvalue weighted by molar-refractivity contribution is 0.102. The normalized spacial score (nSPS) is 10.4. The third-order valence-corrected chi connectivity index (χ3v) is 4.00. The Bertz CT molecular complexity index is 951. The number of nitrogens with one attached hydrogen (secondary N) is 2. The first kappa shape index (κ1) is 18.4. The molecule has 27 heavy (non-hydrogen) atoms. The largest absolute Gasteiger partial charge is 0.378 e. The van der Waals surface area contributed by atoms with Crippen molar-refractivity contribution in [3.63, 3.8) is 0 Å². The van der Waals surface area contributed by atoms with Crippen molar-refractivity contribution in [3.8, 4) is 0 Å². The molecule has 0 saturated carbocycles. The number of amides is 1. The maximum atomic E-state index is 12.6. The fourth-order valence-corrected chi connectivity index (χ4v) is 2.63. The van der Waals surface area contributed by atoms with Gasteiger partial charge in [-0.15, -0.1) is 0 Å². The van der Waals surface area contributed by atoms with Crippen molar-refractivity contribution in [1.29, 1.82) is 0 Å². The molecule has 0 unspecified atom stereocenters. The molecule has 3 rings (SSSR count). The van der Waals surface area contributed by atoms with E-state index in [1.165, 1.54) is 0 Å². The lowest BCUT2D eigenvalue weighted by Crippen LogP contribution is -2.15. The molecule has 0 aliphatic rings. The zero-order valence-corrected chi connectivity index (χ0v) is 15.9. The molecule has 0 bridgehead atoms. The number of rotatable bonds is 5. The molecule has 2 N–H and O–H groups in total. The second-order valence-corrected chi connectivity index (χ2v) is 6.61. The van der Waals surface area contributed by atoms with Crippen LogP contribution in [0.2, 0.25) is 0 Å². The standard InChI is InChI=1S/C21H23N5O/c1-14-6-5-7-17(12-14)23-20(27)19-13-15(2)22-21(25-19)24-16-8-10-18(11-9-16)26(3)4/h5-13H,1-4H3,(H,23,27)(H,22,24,25). The van der Waals surface area contributed by atoms with Crippen molar-refractivity contribution in [3.05, 3.63) is 71.5 Å². The molecule has 3 aromatic rings. The van der Waals surface area contributed by atoms with Crippen LogP contribution < -0.4 is 15.5 Å². The molecule has 1 amide bonds. The summed E-state index contributed by atoms with van der Waals surface area (Å²) in [5.41, 5.74) is 4.81. The number of anilines is 4. The maximum Gasteiger partial charge on any atom is 0.274 e. The Hall–Kier alpha value is -3.41. The van der Waals surface area contributed by atoms with Crippen molar-refractivity contribution >= 4 is 28.9 Å². The third-order valence-electron chi connectivity index (χ3n) is 4.00. The molecular weight excluding hydrogens is 338 g/mol. The van der Waals surface area contributed by atoms with Crippen LogP contribution in [0.3, 0.4) is 0 Å². The number of nitrogens with zero attached hydrogens (tertiary/aromatic N) is 3. The van der Waals surface area contributed by atoms with Crippen LogP contribution in [0.5, 0.6) is 0 Å². The van der Waals surface area contributed by atoms with E-state index >= 15 is 0 Å². The van der Waals surface area contributed by atoms with Crippen LogP contribution in [0.1, 0.15) is 21.7 Å². The Balaban J connectivity index is 1.78. The van der Waals surface area contributed by atoms with Gasteiger partial charge in [0.1, 0.15) is 5.69 Å². The topological polar surface area (TPSA) is 70.2 Å². The van der Waals surface area contributed by atoms with E-state index in [0.29, 0.717) is 17.3 Å². The van der Waals surface area contributed by atoms with Crippen molar-refractivity contribution in [2.75, 3.05) is 29.6 Å². The smallest absolute Gasteiger partial charge is 0.274 e. The van der Waals surface area contributed by atoms with Gasteiger partial charge in [-0.3, -0.25) is 4.79 Å². The van der Waals surface area contributed by atoms with Gasteiger partial charge in [-0.05, 0) is 61.9 Å². The Kier molecular flexibility index (Phi) is 5.35. The number of aryl methyl sites for hydroxylation is 2. The van der Waals surface area contributed by atoms with E-state index in [0.717, 1.165) is 22.6 Å². The number of hydrogen-bond acceptors (Lipinski definition) is 5. The van der Waals surface area contributed by atoms with Crippen LogP contribution in [0.15, 0.2) is 54.6 Å². The summed E-state index contributed by atoms with van der Waals surface area (Å²) in [6.07, 6.45) is 0. The van der Waals surface area contributed by atoms with Gasteiger partial charge in [0.25, 0.3) is 5.91 Å². The average molecular weight is 361 g/mol. The van der Waals surface area contributed by atoms with E-state index < -0.39 is 0 Å². The minimum Gasteiger partial charge on any atom is -0.378 e. The summed E-state index contributed by atoms with van der Waals surface area (Å²) in [6.45, 7) is 3.82. The summed E-state index contributed by atoms with van der Waals surface area (Å²) in [7, 11) is 3.98. The monoisotopic (exact) mass is 361 g/mol. The highest BCUT2D eigenvalue weighted by Gasteiger charge is 2.11. The first-order chi connectivity index (χ1) is 12.9. The highest BCUT2D eigenvalue weighted by atomic mass is 16.1. The van der Waals surface area contributed by atoms with Gasteiger partial charge in [0, 0.05) is 36.9 Å². The van der Waals surface area contributed by atoms with Crippen LogP contribution in [0.25, 0.3) is 0 Å². The summed E-state index contributed by atoms with van der Waals surface area (Å²) in [6, 6.07) is 17.2. The van der Waals surface area contributed by atoms with Gasteiger partial charge in [-0.25, -0.2) is 9.97 Å². The predicted molar refractivity (Wildman–Crippen MR) is 110 cm³/mol. The van der Waals surface area contributed by atoms with Crippen LogP contribution in [0, 0.1) is 13.8 Å². The summed E-state index contributed by atoms with van der Waals surface area (Å²) in [5, 5.41) is 6.03.